The third kappa shape index (κ3) is 4.68. The van der Waals surface area contributed by atoms with Gasteiger partial charge in [-0.05, 0) is 38.4 Å². The number of nitrogens with one attached hydrogen (secondary N) is 1. The molecule has 0 aliphatic rings. The third-order valence-electron chi connectivity index (χ3n) is 2.64. The molecule has 0 saturated heterocycles. The lowest BCUT2D eigenvalue weighted by Gasteiger charge is -2.12. The molecule has 1 aromatic heterocycles. The van der Waals surface area contributed by atoms with E-state index in [4.69, 9.17) is 5.73 Å². The van der Waals surface area contributed by atoms with Crippen LogP contribution in [0.5, 0.6) is 0 Å². The zero-order valence-electron chi connectivity index (χ0n) is 11.0. The van der Waals surface area contributed by atoms with Crippen molar-refractivity contribution in [3.8, 4) is 0 Å². The Bertz CT molecular complexity index is 454. The maximum absolute atomic E-state index is 12.1. The zero-order valence-corrected chi connectivity index (χ0v) is 12.6. The van der Waals surface area contributed by atoms with Crippen LogP contribution in [0.4, 0.5) is 0 Å². The van der Waals surface area contributed by atoms with E-state index in [-0.39, 0.29) is 6.04 Å². The quantitative estimate of drug-likeness (QED) is 0.770. The second-order valence-corrected chi connectivity index (χ2v) is 7.53. The van der Waals surface area contributed by atoms with Crippen LogP contribution in [0.15, 0.2) is 16.3 Å². The molecule has 1 unspecified atom stereocenters. The van der Waals surface area contributed by atoms with Gasteiger partial charge in [0, 0.05) is 10.9 Å². The van der Waals surface area contributed by atoms with Crippen LogP contribution in [0.25, 0.3) is 0 Å². The Kier molecular flexibility index (Phi) is 6.28. The van der Waals surface area contributed by atoms with Gasteiger partial charge in [0.15, 0.2) is 0 Å². The molecule has 0 bridgehead atoms. The zero-order chi connectivity index (χ0) is 13.6. The third-order valence-corrected chi connectivity index (χ3v) is 5.87. The Morgan fingerprint density at radius 2 is 2.17 bits per heavy atom. The minimum absolute atomic E-state index is 0.0185. The fraction of sp³-hybridized carbons (Fsp3) is 0.667. The Morgan fingerprint density at radius 3 is 2.78 bits per heavy atom. The number of hydrogen-bond donors (Lipinski definition) is 2. The van der Waals surface area contributed by atoms with Crippen LogP contribution in [0.1, 0.15) is 38.0 Å². The number of rotatable bonds is 8. The molecule has 0 aromatic carbocycles. The van der Waals surface area contributed by atoms with Crippen LogP contribution >= 0.6 is 11.3 Å². The van der Waals surface area contributed by atoms with Crippen molar-refractivity contribution in [1.82, 2.24) is 4.72 Å². The van der Waals surface area contributed by atoms with Gasteiger partial charge in [0.1, 0.15) is 4.21 Å². The predicted octanol–water partition coefficient (Wildman–Crippen LogP) is 2.11. The van der Waals surface area contributed by atoms with E-state index in [1.807, 2.05) is 13.0 Å². The Morgan fingerprint density at radius 1 is 1.44 bits per heavy atom. The van der Waals surface area contributed by atoms with Crippen LogP contribution in [0.3, 0.4) is 0 Å². The summed E-state index contributed by atoms with van der Waals surface area (Å²) in [4.78, 5) is 1.01. The Balaban J connectivity index is 2.67. The molecule has 3 N–H and O–H groups in total. The summed E-state index contributed by atoms with van der Waals surface area (Å²) in [7, 11) is -3.36. The van der Waals surface area contributed by atoms with Crippen molar-refractivity contribution in [3.63, 3.8) is 0 Å². The summed E-state index contributed by atoms with van der Waals surface area (Å²) in [6.07, 6.45) is 3.71. The largest absolute Gasteiger partial charge is 0.330 e. The van der Waals surface area contributed by atoms with Crippen molar-refractivity contribution in [2.75, 3.05) is 6.54 Å². The molecule has 0 fully saturated rings. The monoisotopic (exact) mass is 290 g/mol. The van der Waals surface area contributed by atoms with E-state index in [2.05, 4.69) is 11.6 Å². The van der Waals surface area contributed by atoms with Crippen molar-refractivity contribution < 1.29 is 8.42 Å². The second-order valence-electron chi connectivity index (χ2n) is 4.42. The molecule has 0 spiro atoms. The lowest BCUT2D eigenvalue weighted by molar-refractivity contribution is 0.535. The van der Waals surface area contributed by atoms with E-state index in [9.17, 15) is 8.42 Å². The fourth-order valence-corrected chi connectivity index (χ4v) is 4.34. The number of sulfonamides is 1. The fourth-order valence-electron chi connectivity index (χ4n) is 1.67. The van der Waals surface area contributed by atoms with Gasteiger partial charge in [-0.25, -0.2) is 13.1 Å². The maximum Gasteiger partial charge on any atom is 0.250 e. The van der Waals surface area contributed by atoms with E-state index in [0.29, 0.717) is 10.8 Å². The van der Waals surface area contributed by atoms with Gasteiger partial charge in [0.05, 0.1) is 0 Å². The molecule has 1 atom stereocenters. The van der Waals surface area contributed by atoms with Gasteiger partial charge in [-0.1, -0.05) is 19.8 Å². The predicted molar refractivity (Wildman–Crippen MR) is 76.4 cm³/mol. The highest BCUT2D eigenvalue weighted by Gasteiger charge is 2.19. The van der Waals surface area contributed by atoms with Gasteiger partial charge >= 0.3 is 0 Å². The summed E-state index contributed by atoms with van der Waals surface area (Å²) in [5.74, 6) is 0. The molecule has 0 radical (unpaired) electrons. The molecule has 1 aromatic rings. The van der Waals surface area contributed by atoms with Gasteiger partial charge in [-0.15, -0.1) is 11.3 Å². The van der Waals surface area contributed by atoms with Gasteiger partial charge in [-0.2, -0.15) is 0 Å². The molecular formula is C12H22N2O2S2. The van der Waals surface area contributed by atoms with Crippen molar-refractivity contribution in [2.24, 2.45) is 5.73 Å². The van der Waals surface area contributed by atoms with Crippen LogP contribution in [0.2, 0.25) is 0 Å². The first-order valence-corrected chi connectivity index (χ1v) is 8.60. The maximum atomic E-state index is 12.1. The molecule has 1 heterocycles. The lowest BCUT2D eigenvalue weighted by Crippen LogP contribution is -2.32. The Labute approximate surface area is 114 Å². The smallest absolute Gasteiger partial charge is 0.250 e. The van der Waals surface area contributed by atoms with E-state index < -0.39 is 10.0 Å². The minimum atomic E-state index is -3.36. The summed E-state index contributed by atoms with van der Waals surface area (Å²) in [6.45, 7) is 4.54. The van der Waals surface area contributed by atoms with Crippen LogP contribution < -0.4 is 10.5 Å². The lowest BCUT2D eigenvalue weighted by atomic mass is 10.2. The van der Waals surface area contributed by atoms with E-state index in [1.54, 1.807) is 6.07 Å². The normalized spacial score (nSPS) is 13.7. The molecule has 1 rings (SSSR count). The van der Waals surface area contributed by atoms with Crippen LogP contribution in [0, 0.1) is 0 Å². The summed E-state index contributed by atoms with van der Waals surface area (Å²) in [5.41, 5.74) is 5.46. The number of nitrogens with two attached hydrogens (primary N) is 1. The minimum Gasteiger partial charge on any atom is -0.330 e. The molecule has 104 valence electrons. The highest BCUT2D eigenvalue weighted by Crippen LogP contribution is 2.22. The van der Waals surface area contributed by atoms with Gasteiger partial charge in [0.2, 0.25) is 10.0 Å². The topological polar surface area (TPSA) is 72.2 Å². The molecular weight excluding hydrogens is 268 g/mol. The number of hydrogen-bond acceptors (Lipinski definition) is 4. The van der Waals surface area contributed by atoms with Crippen molar-refractivity contribution >= 4 is 21.4 Å². The van der Waals surface area contributed by atoms with Crippen molar-refractivity contribution in [3.05, 3.63) is 17.0 Å². The second kappa shape index (κ2) is 7.23. The van der Waals surface area contributed by atoms with Crippen molar-refractivity contribution in [1.29, 1.82) is 0 Å². The van der Waals surface area contributed by atoms with Gasteiger partial charge < -0.3 is 5.73 Å². The average Bonchev–Trinajstić information content (AvgIpc) is 2.75. The summed E-state index contributed by atoms with van der Waals surface area (Å²) >= 11 is 1.30. The van der Waals surface area contributed by atoms with E-state index in [1.165, 1.54) is 11.3 Å². The SMILES string of the molecule is CCCCC(C)NS(=O)(=O)c1ccc(CCN)s1. The molecule has 4 nitrogen and oxygen atoms in total. The van der Waals surface area contributed by atoms with E-state index in [0.717, 1.165) is 30.6 Å². The molecule has 6 heteroatoms. The highest BCUT2D eigenvalue weighted by molar-refractivity contribution is 7.91. The van der Waals surface area contributed by atoms with Crippen LogP contribution in [-0.2, 0) is 16.4 Å². The number of thiophene rings is 1. The summed E-state index contributed by atoms with van der Waals surface area (Å²) in [5, 5.41) is 0. The van der Waals surface area contributed by atoms with Gasteiger partial charge in [0.25, 0.3) is 0 Å². The Hall–Kier alpha value is -0.430. The highest BCUT2D eigenvalue weighted by atomic mass is 32.2. The van der Waals surface area contributed by atoms with Crippen molar-refractivity contribution in [2.45, 2.75) is 49.8 Å². The number of unbranched alkanes of at least 4 members (excludes halogenated alkanes) is 1. The summed E-state index contributed by atoms with van der Waals surface area (Å²) in [6, 6.07) is 3.47. The molecule has 0 aliphatic heterocycles. The average molecular weight is 290 g/mol. The standard InChI is InChI=1S/C12H22N2O2S2/c1-3-4-5-10(2)14-18(15,16)12-7-6-11(17-12)8-9-13/h6-7,10,14H,3-5,8-9,13H2,1-2H3. The molecule has 0 amide bonds. The van der Waals surface area contributed by atoms with E-state index >= 15 is 0 Å². The first kappa shape index (κ1) is 15.6. The molecule has 0 aliphatic carbocycles. The molecule has 18 heavy (non-hydrogen) atoms. The molecule has 0 saturated carbocycles. The van der Waals surface area contributed by atoms with Crippen LogP contribution in [-0.4, -0.2) is 21.0 Å². The first-order chi connectivity index (χ1) is 8.49. The summed E-state index contributed by atoms with van der Waals surface area (Å²) < 4.78 is 27.3. The first-order valence-electron chi connectivity index (χ1n) is 6.30. The van der Waals surface area contributed by atoms with Gasteiger partial charge in [-0.3, -0.25) is 0 Å².